The molecule has 0 saturated carbocycles. The number of hydrogen-bond donors (Lipinski definition) is 1. The first kappa shape index (κ1) is 15.2. The normalized spacial score (nSPS) is 22.9. The topological polar surface area (TPSA) is 49.4 Å². The highest BCUT2D eigenvalue weighted by Crippen LogP contribution is 2.27. The van der Waals surface area contributed by atoms with E-state index in [4.69, 9.17) is 0 Å². The summed E-state index contributed by atoms with van der Waals surface area (Å²) in [5.41, 5.74) is -0.745. The minimum absolute atomic E-state index is 0.000417. The van der Waals surface area contributed by atoms with Crippen LogP contribution >= 0.6 is 15.9 Å². The van der Waals surface area contributed by atoms with Crippen LogP contribution in [-0.4, -0.2) is 34.8 Å². The second-order valence-electron chi connectivity index (χ2n) is 4.65. The Morgan fingerprint density at radius 1 is 1.39 bits per heavy atom. The van der Waals surface area contributed by atoms with Crippen LogP contribution in [0, 0.1) is 0 Å². The van der Waals surface area contributed by atoms with Gasteiger partial charge >= 0.3 is 0 Å². The highest BCUT2D eigenvalue weighted by atomic mass is 79.9. The molecule has 1 rings (SSSR count). The van der Waals surface area contributed by atoms with Gasteiger partial charge in [0, 0.05) is 4.48 Å². The summed E-state index contributed by atoms with van der Waals surface area (Å²) >= 11 is 3.28. The molecule has 1 heterocycles. The van der Waals surface area contributed by atoms with E-state index in [0.717, 1.165) is 0 Å². The van der Waals surface area contributed by atoms with E-state index < -0.39 is 11.6 Å². The summed E-state index contributed by atoms with van der Waals surface area (Å²) in [5, 5.41) is 2.91. The number of nitrogens with zero attached hydrogens (tertiary/aromatic N) is 1. The molecular weight excluding hydrogens is 296 g/mol. The summed E-state index contributed by atoms with van der Waals surface area (Å²) in [5.74, 6) is -0.0610. The summed E-state index contributed by atoms with van der Waals surface area (Å²) in [7, 11) is 0. The van der Waals surface area contributed by atoms with E-state index >= 15 is 0 Å². The van der Waals surface area contributed by atoms with Gasteiger partial charge in [0.05, 0.1) is 6.54 Å². The SMILES string of the molecule is C=C(Br)CN1C(=O)C(CC)(CC)NC(=O)C1CC. The zero-order valence-electron chi connectivity index (χ0n) is 11.3. The lowest BCUT2D eigenvalue weighted by Gasteiger charge is -2.45. The molecule has 2 amide bonds. The lowest BCUT2D eigenvalue weighted by Crippen LogP contribution is -2.70. The Hall–Kier alpha value is -0.840. The van der Waals surface area contributed by atoms with Crippen molar-refractivity contribution in [2.75, 3.05) is 6.54 Å². The molecule has 1 aliphatic heterocycles. The highest BCUT2D eigenvalue weighted by Gasteiger charge is 2.48. The number of hydrogen-bond acceptors (Lipinski definition) is 2. The number of carbonyl (C=O) groups excluding carboxylic acids is 2. The van der Waals surface area contributed by atoms with Crippen LogP contribution in [0.5, 0.6) is 0 Å². The maximum Gasteiger partial charge on any atom is 0.249 e. The third-order valence-electron chi connectivity index (χ3n) is 3.65. The third kappa shape index (κ3) is 2.60. The molecule has 1 aliphatic rings. The third-order valence-corrected chi connectivity index (χ3v) is 3.90. The van der Waals surface area contributed by atoms with Crippen LogP contribution < -0.4 is 5.32 Å². The zero-order chi connectivity index (χ0) is 13.9. The summed E-state index contributed by atoms with van der Waals surface area (Å²) in [6, 6.07) is -0.391. The molecule has 0 bridgehead atoms. The highest BCUT2D eigenvalue weighted by molar-refractivity contribution is 9.11. The monoisotopic (exact) mass is 316 g/mol. The Morgan fingerprint density at radius 2 is 1.94 bits per heavy atom. The van der Waals surface area contributed by atoms with Gasteiger partial charge in [-0.15, -0.1) is 0 Å². The Kier molecular flexibility index (Phi) is 4.96. The number of nitrogens with one attached hydrogen (secondary N) is 1. The molecule has 0 aromatic rings. The van der Waals surface area contributed by atoms with Crippen molar-refractivity contribution < 1.29 is 9.59 Å². The van der Waals surface area contributed by atoms with Crippen molar-refractivity contribution in [3.8, 4) is 0 Å². The predicted molar refractivity (Wildman–Crippen MR) is 75.3 cm³/mol. The molecule has 0 radical (unpaired) electrons. The van der Waals surface area contributed by atoms with Crippen molar-refractivity contribution in [2.24, 2.45) is 0 Å². The fourth-order valence-corrected chi connectivity index (χ4v) is 2.70. The van der Waals surface area contributed by atoms with Gasteiger partial charge in [0.25, 0.3) is 0 Å². The minimum Gasteiger partial charge on any atom is -0.340 e. The molecule has 0 aromatic carbocycles. The first-order chi connectivity index (χ1) is 8.41. The average molecular weight is 317 g/mol. The number of amides is 2. The van der Waals surface area contributed by atoms with Crippen molar-refractivity contribution in [2.45, 2.75) is 51.6 Å². The van der Waals surface area contributed by atoms with E-state index in [0.29, 0.717) is 30.3 Å². The molecule has 1 saturated heterocycles. The molecule has 4 nitrogen and oxygen atoms in total. The van der Waals surface area contributed by atoms with Crippen molar-refractivity contribution in [1.82, 2.24) is 10.2 Å². The van der Waals surface area contributed by atoms with E-state index in [1.807, 2.05) is 20.8 Å². The molecular formula is C13H21BrN2O2. The van der Waals surface area contributed by atoms with Gasteiger partial charge < -0.3 is 10.2 Å². The second-order valence-corrected chi connectivity index (χ2v) is 5.77. The summed E-state index contributed by atoms with van der Waals surface area (Å²) in [6.45, 7) is 9.91. The van der Waals surface area contributed by atoms with Gasteiger partial charge in [0.2, 0.25) is 11.8 Å². The number of piperazine rings is 1. The first-order valence-corrected chi connectivity index (χ1v) is 7.17. The fourth-order valence-electron chi connectivity index (χ4n) is 2.43. The molecule has 1 unspecified atom stereocenters. The number of carbonyl (C=O) groups is 2. The predicted octanol–water partition coefficient (Wildman–Crippen LogP) is 2.19. The van der Waals surface area contributed by atoms with Gasteiger partial charge in [-0.05, 0) is 19.3 Å². The fraction of sp³-hybridized carbons (Fsp3) is 0.692. The van der Waals surface area contributed by atoms with Crippen LogP contribution in [0.25, 0.3) is 0 Å². The summed E-state index contributed by atoms with van der Waals surface area (Å²) < 4.78 is 0.713. The molecule has 0 spiro atoms. The van der Waals surface area contributed by atoms with Gasteiger partial charge in [-0.3, -0.25) is 9.59 Å². The Morgan fingerprint density at radius 3 is 2.33 bits per heavy atom. The van der Waals surface area contributed by atoms with Crippen molar-refractivity contribution >= 4 is 27.7 Å². The lowest BCUT2D eigenvalue weighted by atomic mass is 9.86. The van der Waals surface area contributed by atoms with E-state index in [2.05, 4.69) is 27.8 Å². The van der Waals surface area contributed by atoms with Gasteiger partial charge in [-0.2, -0.15) is 0 Å². The average Bonchev–Trinajstić information content (AvgIpc) is 2.33. The molecule has 1 N–H and O–H groups in total. The zero-order valence-corrected chi connectivity index (χ0v) is 12.8. The molecule has 1 fully saturated rings. The van der Waals surface area contributed by atoms with E-state index in [9.17, 15) is 9.59 Å². The molecule has 18 heavy (non-hydrogen) atoms. The number of halogens is 1. The van der Waals surface area contributed by atoms with Crippen LogP contribution in [0.15, 0.2) is 11.1 Å². The molecule has 102 valence electrons. The van der Waals surface area contributed by atoms with Crippen LogP contribution in [0.1, 0.15) is 40.0 Å². The van der Waals surface area contributed by atoms with Gasteiger partial charge in [0.15, 0.2) is 0 Å². The van der Waals surface area contributed by atoms with Gasteiger partial charge in [-0.25, -0.2) is 0 Å². The standard InChI is InChI=1S/C13H21BrN2O2/c1-5-10-11(17)15-13(6-2,7-3)12(18)16(10)8-9(4)14/h10H,4-8H2,1-3H3,(H,15,17). The minimum atomic E-state index is -0.745. The lowest BCUT2D eigenvalue weighted by molar-refractivity contribution is -0.155. The quantitative estimate of drug-likeness (QED) is 0.845. The molecule has 0 aromatic heterocycles. The summed E-state index contributed by atoms with van der Waals surface area (Å²) in [4.78, 5) is 26.4. The maximum atomic E-state index is 12.6. The Balaban J connectivity index is 3.11. The Bertz CT molecular complexity index is 364. The first-order valence-electron chi connectivity index (χ1n) is 6.38. The van der Waals surface area contributed by atoms with Gasteiger partial charge in [0.1, 0.15) is 11.6 Å². The van der Waals surface area contributed by atoms with Crippen LogP contribution in [0.2, 0.25) is 0 Å². The van der Waals surface area contributed by atoms with Gasteiger partial charge in [-0.1, -0.05) is 43.3 Å². The van der Waals surface area contributed by atoms with Crippen molar-refractivity contribution in [3.63, 3.8) is 0 Å². The molecule has 1 atom stereocenters. The van der Waals surface area contributed by atoms with Crippen LogP contribution in [-0.2, 0) is 9.59 Å². The van der Waals surface area contributed by atoms with E-state index in [1.165, 1.54) is 0 Å². The van der Waals surface area contributed by atoms with Crippen LogP contribution in [0.4, 0.5) is 0 Å². The van der Waals surface area contributed by atoms with Crippen molar-refractivity contribution in [1.29, 1.82) is 0 Å². The van der Waals surface area contributed by atoms with E-state index in [-0.39, 0.29) is 11.8 Å². The largest absolute Gasteiger partial charge is 0.340 e. The van der Waals surface area contributed by atoms with Crippen LogP contribution in [0.3, 0.4) is 0 Å². The summed E-state index contributed by atoms with van der Waals surface area (Å²) in [6.07, 6.45) is 1.83. The smallest absolute Gasteiger partial charge is 0.249 e. The number of rotatable bonds is 5. The maximum absolute atomic E-state index is 12.6. The molecule has 5 heteroatoms. The Labute approximate surface area is 117 Å². The van der Waals surface area contributed by atoms with E-state index in [1.54, 1.807) is 4.90 Å². The molecule has 0 aliphatic carbocycles. The van der Waals surface area contributed by atoms with Crippen molar-refractivity contribution in [3.05, 3.63) is 11.1 Å². The second kappa shape index (κ2) is 5.87.